The van der Waals surface area contributed by atoms with Crippen molar-refractivity contribution in [3.05, 3.63) is 69.3 Å². The number of alkyl halides is 3. The number of carbonyl (C=O) groups excluding carboxylic acids is 1. The number of thiophene rings is 1. The molecule has 0 fully saturated rings. The zero-order valence-corrected chi connectivity index (χ0v) is 14.1. The van der Waals surface area contributed by atoms with Crippen LogP contribution < -0.4 is 5.32 Å². The van der Waals surface area contributed by atoms with Crippen molar-refractivity contribution in [3.63, 3.8) is 0 Å². The van der Waals surface area contributed by atoms with E-state index in [0.29, 0.717) is 12.7 Å². The van der Waals surface area contributed by atoms with Crippen LogP contribution in [0.25, 0.3) is 5.82 Å². The van der Waals surface area contributed by atoms with Crippen LogP contribution in [0.4, 0.5) is 13.2 Å². The van der Waals surface area contributed by atoms with Crippen molar-refractivity contribution in [3.8, 4) is 5.82 Å². The molecule has 0 saturated heterocycles. The number of hydrogen-bond acceptors (Lipinski definition) is 3. The van der Waals surface area contributed by atoms with E-state index in [1.165, 1.54) is 22.1 Å². The second-order valence-electron chi connectivity index (χ2n) is 5.05. The van der Waals surface area contributed by atoms with E-state index in [-0.39, 0.29) is 22.4 Å². The normalized spacial score (nSPS) is 11.5. The zero-order valence-electron chi connectivity index (χ0n) is 12.5. The SMILES string of the molecule is O=C(NCc1cccs1)c1cccn1-c1ncc(C(F)(F)F)cc1Cl. The van der Waals surface area contributed by atoms with E-state index in [1.807, 2.05) is 17.5 Å². The summed E-state index contributed by atoms with van der Waals surface area (Å²) in [4.78, 5) is 17.1. The van der Waals surface area contributed by atoms with Crippen LogP contribution in [0.15, 0.2) is 48.1 Å². The molecule has 3 rings (SSSR count). The maximum absolute atomic E-state index is 12.7. The lowest BCUT2D eigenvalue weighted by atomic mass is 10.2. The van der Waals surface area contributed by atoms with Gasteiger partial charge in [0.05, 0.1) is 17.1 Å². The second kappa shape index (κ2) is 6.89. The van der Waals surface area contributed by atoms with Crippen molar-refractivity contribution in [2.75, 3.05) is 0 Å². The average molecular weight is 386 g/mol. The molecular weight excluding hydrogens is 375 g/mol. The predicted molar refractivity (Wildman–Crippen MR) is 89.1 cm³/mol. The molecule has 0 unspecified atom stereocenters. The highest BCUT2D eigenvalue weighted by Gasteiger charge is 2.32. The molecule has 4 nitrogen and oxygen atoms in total. The van der Waals surface area contributed by atoms with Gasteiger partial charge in [-0.2, -0.15) is 13.2 Å². The standard InChI is InChI=1S/C16H11ClF3N3OS/c17-12-7-10(16(18,19)20)8-21-14(12)23-5-1-4-13(23)15(24)22-9-11-3-2-6-25-11/h1-8H,9H2,(H,22,24). The predicted octanol–water partition coefficient (Wildman–Crippen LogP) is 4.54. The Bertz CT molecular complexity index is 890. The van der Waals surface area contributed by atoms with Gasteiger partial charge in [0.2, 0.25) is 0 Å². The third kappa shape index (κ3) is 3.85. The van der Waals surface area contributed by atoms with Crippen LogP contribution in [0.5, 0.6) is 0 Å². The molecule has 0 radical (unpaired) electrons. The number of aromatic nitrogens is 2. The fourth-order valence-corrected chi connectivity index (χ4v) is 3.09. The third-order valence-corrected chi connectivity index (χ3v) is 4.52. The van der Waals surface area contributed by atoms with E-state index >= 15 is 0 Å². The van der Waals surface area contributed by atoms with E-state index in [0.717, 1.165) is 10.9 Å². The lowest BCUT2D eigenvalue weighted by molar-refractivity contribution is -0.137. The van der Waals surface area contributed by atoms with Gasteiger partial charge in [0.15, 0.2) is 5.82 Å². The highest BCUT2D eigenvalue weighted by Crippen LogP contribution is 2.32. The number of rotatable bonds is 4. The number of nitrogens with one attached hydrogen (secondary N) is 1. The highest BCUT2D eigenvalue weighted by molar-refractivity contribution is 7.09. The van der Waals surface area contributed by atoms with Gasteiger partial charge in [0.1, 0.15) is 5.69 Å². The Morgan fingerprint density at radius 2 is 2.12 bits per heavy atom. The largest absolute Gasteiger partial charge is 0.417 e. The Morgan fingerprint density at radius 3 is 2.76 bits per heavy atom. The second-order valence-corrected chi connectivity index (χ2v) is 6.49. The summed E-state index contributed by atoms with van der Waals surface area (Å²) in [6, 6.07) is 7.69. The van der Waals surface area contributed by atoms with E-state index in [2.05, 4.69) is 10.3 Å². The molecule has 3 aromatic rings. The summed E-state index contributed by atoms with van der Waals surface area (Å²) in [5.41, 5.74) is -0.720. The quantitative estimate of drug-likeness (QED) is 0.717. The molecule has 3 aromatic heterocycles. The molecule has 130 valence electrons. The number of amides is 1. The molecule has 0 bridgehead atoms. The molecule has 3 heterocycles. The minimum atomic E-state index is -4.53. The minimum absolute atomic E-state index is 0.0564. The van der Waals surface area contributed by atoms with Crippen molar-refractivity contribution in [2.45, 2.75) is 12.7 Å². The molecule has 9 heteroatoms. The van der Waals surface area contributed by atoms with Crippen molar-refractivity contribution in [1.82, 2.24) is 14.9 Å². The molecule has 0 saturated carbocycles. The molecule has 0 aliphatic carbocycles. The first-order valence-corrected chi connectivity index (χ1v) is 8.33. The monoisotopic (exact) mass is 385 g/mol. The summed E-state index contributed by atoms with van der Waals surface area (Å²) in [5, 5.41) is 4.46. The van der Waals surface area contributed by atoms with E-state index in [1.54, 1.807) is 12.1 Å². The highest BCUT2D eigenvalue weighted by atomic mass is 35.5. The van der Waals surface area contributed by atoms with Crippen molar-refractivity contribution >= 4 is 28.8 Å². The van der Waals surface area contributed by atoms with Crippen LogP contribution in [0.3, 0.4) is 0 Å². The Morgan fingerprint density at radius 1 is 1.32 bits per heavy atom. The average Bonchev–Trinajstić information content (AvgIpc) is 3.23. The molecule has 0 aliphatic heterocycles. The molecule has 0 aliphatic rings. The first-order chi connectivity index (χ1) is 11.9. The van der Waals surface area contributed by atoms with Crippen molar-refractivity contribution in [2.24, 2.45) is 0 Å². The van der Waals surface area contributed by atoms with Crippen LogP contribution in [-0.4, -0.2) is 15.5 Å². The first-order valence-electron chi connectivity index (χ1n) is 7.07. The van der Waals surface area contributed by atoms with Gasteiger partial charge < -0.3 is 5.32 Å². The number of carbonyl (C=O) groups is 1. The van der Waals surface area contributed by atoms with Gasteiger partial charge >= 0.3 is 6.18 Å². The van der Waals surface area contributed by atoms with E-state index in [9.17, 15) is 18.0 Å². The van der Waals surface area contributed by atoms with Gasteiger partial charge in [-0.15, -0.1) is 11.3 Å². The molecule has 1 N–H and O–H groups in total. The van der Waals surface area contributed by atoms with E-state index < -0.39 is 11.7 Å². The van der Waals surface area contributed by atoms with Gasteiger partial charge in [0.25, 0.3) is 5.91 Å². The lowest BCUT2D eigenvalue weighted by Gasteiger charge is -2.12. The molecule has 0 atom stereocenters. The van der Waals surface area contributed by atoms with Gasteiger partial charge in [-0.1, -0.05) is 17.7 Å². The maximum Gasteiger partial charge on any atom is 0.417 e. The Hall–Kier alpha value is -2.32. The van der Waals surface area contributed by atoms with Crippen LogP contribution in [0.1, 0.15) is 20.9 Å². The number of nitrogens with zero attached hydrogens (tertiary/aromatic N) is 2. The van der Waals surface area contributed by atoms with Crippen LogP contribution >= 0.6 is 22.9 Å². The number of pyridine rings is 1. The maximum atomic E-state index is 12.7. The Kier molecular flexibility index (Phi) is 4.82. The van der Waals surface area contributed by atoms with Gasteiger partial charge in [-0.05, 0) is 29.6 Å². The summed E-state index contributed by atoms with van der Waals surface area (Å²) in [7, 11) is 0. The van der Waals surface area contributed by atoms with Gasteiger partial charge in [-0.3, -0.25) is 9.36 Å². The zero-order chi connectivity index (χ0) is 18.0. The van der Waals surface area contributed by atoms with Crippen molar-refractivity contribution in [1.29, 1.82) is 0 Å². The van der Waals surface area contributed by atoms with Gasteiger partial charge in [-0.25, -0.2) is 4.98 Å². The van der Waals surface area contributed by atoms with Crippen LogP contribution in [-0.2, 0) is 12.7 Å². The third-order valence-electron chi connectivity index (χ3n) is 3.36. The fraction of sp³-hybridized carbons (Fsp3) is 0.125. The smallest absolute Gasteiger partial charge is 0.346 e. The van der Waals surface area contributed by atoms with Gasteiger partial charge in [0, 0.05) is 17.3 Å². The van der Waals surface area contributed by atoms with Crippen LogP contribution in [0, 0.1) is 0 Å². The molecule has 25 heavy (non-hydrogen) atoms. The van der Waals surface area contributed by atoms with Crippen LogP contribution in [0.2, 0.25) is 5.02 Å². The molecule has 0 spiro atoms. The Balaban J connectivity index is 1.85. The van der Waals surface area contributed by atoms with E-state index in [4.69, 9.17) is 11.6 Å². The number of hydrogen-bond donors (Lipinski definition) is 1. The Labute approximate surface area is 149 Å². The lowest BCUT2D eigenvalue weighted by Crippen LogP contribution is -2.25. The summed E-state index contributed by atoms with van der Waals surface area (Å²) in [6.07, 6.45) is -2.33. The molecular formula is C16H11ClF3N3OS. The first kappa shape index (κ1) is 17.5. The minimum Gasteiger partial charge on any atom is -0.346 e. The summed E-state index contributed by atoms with van der Waals surface area (Å²) in [6.45, 7) is 0.357. The molecule has 0 aromatic carbocycles. The molecule has 1 amide bonds. The fourth-order valence-electron chi connectivity index (χ4n) is 2.18. The summed E-state index contributed by atoms with van der Waals surface area (Å²) < 4.78 is 39.5. The summed E-state index contributed by atoms with van der Waals surface area (Å²) in [5.74, 6) is -0.322. The van der Waals surface area contributed by atoms with Crippen molar-refractivity contribution < 1.29 is 18.0 Å². The topological polar surface area (TPSA) is 46.9 Å². The summed E-state index contributed by atoms with van der Waals surface area (Å²) >= 11 is 7.46. The number of halogens is 4.